The van der Waals surface area contributed by atoms with E-state index in [1.54, 1.807) is 43.4 Å². The topological polar surface area (TPSA) is 48.0 Å². The zero-order valence-corrected chi connectivity index (χ0v) is 13.7. The number of likely N-dealkylation sites (N-methyl/N-ethyl adjacent to an activating group) is 1. The Kier molecular flexibility index (Phi) is 6.42. The van der Waals surface area contributed by atoms with Crippen LogP contribution in [-0.2, 0) is 4.79 Å². The minimum Gasteiger partial charge on any atom is -0.493 e. The average molecular weight is 333 g/mol. The molecule has 0 saturated heterocycles. The van der Waals surface area contributed by atoms with Gasteiger partial charge < -0.3 is 19.1 Å². The number of carbonyl (C=O) groups excluding carboxylic acids is 1. The van der Waals surface area contributed by atoms with Crippen LogP contribution in [0.5, 0.6) is 17.2 Å². The molecule has 128 valence electrons. The highest BCUT2D eigenvalue weighted by atomic mass is 19.1. The summed E-state index contributed by atoms with van der Waals surface area (Å²) in [5, 5.41) is 0. The van der Waals surface area contributed by atoms with Gasteiger partial charge in [0.2, 0.25) is 0 Å². The van der Waals surface area contributed by atoms with Crippen LogP contribution >= 0.6 is 0 Å². The number of rotatable bonds is 8. The third-order valence-corrected chi connectivity index (χ3v) is 3.37. The van der Waals surface area contributed by atoms with Gasteiger partial charge in [-0.3, -0.25) is 4.79 Å². The lowest BCUT2D eigenvalue weighted by molar-refractivity contribution is -0.132. The minimum absolute atomic E-state index is 0.115. The van der Waals surface area contributed by atoms with Crippen molar-refractivity contribution in [3.8, 4) is 17.2 Å². The molecular weight excluding hydrogens is 313 g/mol. The van der Waals surface area contributed by atoms with Gasteiger partial charge in [-0.15, -0.1) is 0 Å². The first-order chi connectivity index (χ1) is 11.6. The van der Waals surface area contributed by atoms with Crippen molar-refractivity contribution in [1.82, 2.24) is 4.90 Å². The van der Waals surface area contributed by atoms with Gasteiger partial charge in [-0.1, -0.05) is 24.3 Å². The molecule has 0 saturated carbocycles. The lowest BCUT2D eigenvalue weighted by Gasteiger charge is -2.18. The summed E-state index contributed by atoms with van der Waals surface area (Å²) in [5.74, 6) is 0.604. The van der Waals surface area contributed by atoms with Gasteiger partial charge in [0.1, 0.15) is 6.61 Å². The van der Waals surface area contributed by atoms with E-state index in [0.29, 0.717) is 18.0 Å². The Morgan fingerprint density at radius 2 is 1.62 bits per heavy atom. The van der Waals surface area contributed by atoms with Crippen molar-refractivity contribution >= 4 is 5.91 Å². The van der Waals surface area contributed by atoms with Crippen LogP contribution < -0.4 is 14.2 Å². The van der Waals surface area contributed by atoms with Crippen molar-refractivity contribution in [3.05, 3.63) is 54.3 Å². The summed E-state index contributed by atoms with van der Waals surface area (Å²) < 4.78 is 29.4. The van der Waals surface area contributed by atoms with E-state index in [1.807, 2.05) is 6.07 Å². The molecule has 0 N–H and O–H groups in total. The van der Waals surface area contributed by atoms with Crippen LogP contribution in [0.1, 0.15) is 0 Å². The molecule has 2 rings (SSSR count). The molecule has 0 aliphatic rings. The summed E-state index contributed by atoms with van der Waals surface area (Å²) in [5.41, 5.74) is 0. The number of carbonyl (C=O) groups is 1. The van der Waals surface area contributed by atoms with Crippen LogP contribution in [0.25, 0.3) is 0 Å². The Bertz CT molecular complexity index is 678. The molecule has 0 unspecified atom stereocenters. The van der Waals surface area contributed by atoms with Gasteiger partial charge in [0.25, 0.3) is 5.91 Å². The highest BCUT2D eigenvalue weighted by Crippen LogP contribution is 2.25. The second kappa shape index (κ2) is 8.76. The summed E-state index contributed by atoms with van der Waals surface area (Å²) in [7, 11) is 3.18. The van der Waals surface area contributed by atoms with Crippen LogP contribution in [-0.4, -0.2) is 44.7 Å². The molecule has 2 aromatic rings. The number of hydrogen-bond acceptors (Lipinski definition) is 4. The maximum absolute atomic E-state index is 13.4. The van der Waals surface area contributed by atoms with Crippen LogP contribution in [0, 0.1) is 5.82 Å². The van der Waals surface area contributed by atoms with E-state index in [4.69, 9.17) is 14.2 Å². The first kappa shape index (κ1) is 17.6. The fourth-order valence-corrected chi connectivity index (χ4v) is 1.97. The SMILES string of the molecule is COc1ccccc1OCC(=O)N(C)CCOc1ccccc1F. The van der Waals surface area contributed by atoms with Gasteiger partial charge >= 0.3 is 0 Å². The summed E-state index contributed by atoms with van der Waals surface area (Å²) >= 11 is 0. The second-order valence-electron chi connectivity index (χ2n) is 5.03. The van der Waals surface area contributed by atoms with E-state index in [9.17, 15) is 9.18 Å². The number of ether oxygens (including phenoxy) is 3. The molecule has 24 heavy (non-hydrogen) atoms. The fraction of sp³-hybridized carbons (Fsp3) is 0.278. The summed E-state index contributed by atoms with van der Waals surface area (Å²) in [6.45, 7) is 0.400. The van der Waals surface area contributed by atoms with Crippen LogP contribution in [0.15, 0.2) is 48.5 Å². The predicted octanol–water partition coefficient (Wildman–Crippen LogP) is 2.75. The van der Waals surface area contributed by atoms with Crippen molar-refractivity contribution in [1.29, 1.82) is 0 Å². The predicted molar refractivity (Wildman–Crippen MR) is 88.0 cm³/mol. The minimum atomic E-state index is -0.425. The van der Waals surface area contributed by atoms with Crippen LogP contribution in [0.3, 0.4) is 0 Å². The first-order valence-electron chi connectivity index (χ1n) is 7.49. The molecule has 0 atom stereocenters. The number of hydrogen-bond donors (Lipinski definition) is 0. The summed E-state index contributed by atoms with van der Waals surface area (Å²) in [6, 6.07) is 13.3. The largest absolute Gasteiger partial charge is 0.493 e. The number of halogens is 1. The fourth-order valence-electron chi connectivity index (χ4n) is 1.97. The molecule has 6 heteroatoms. The van der Waals surface area contributed by atoms with Crippen molar-refractivity contribution in [2.75, 3.05) is 33.9 Å². The summed E-state index contributed by atoms with van der Waals surface area (Å²) in [4.78, 5) is 13.5. The number of nitrogens with zero attached hydrogens (tertiary/aromatic N) is 1. The van der Waals surface area contributed by atoms with E-state index < -0.39 is 5.82 Å². The Labute approximate surface area is 140 Å². The van der Waals surface area contributed by atoms with Gasteiger partial charge in [-0.05, 0) is 24.3 Å². The van der Waals surface area contributed by atoms with E-state index in [0.717, 1.165) is 0 Å². The number of methoxy groups -OCH3 is 1. The molecule has 0 fully saturated rings. The molecule has 0 bridgehead atoms. The van der Waals surface area contributed by atoms with Crippen molar-refractivity contribution in [3.63, 3.8) is 0 Å². The Morgan fingerprint density at radius 1 is 1.00 bits per heavy atom. The Hall–Kier alpha value is -2.76. The molecule has 0 aliphatic carbocycles. The van der Waals surface area contributed by atoms with Crippen molar-refractivity contribution in [2.45, 2.75) is 0 Å². The third kappa shape index (κ3) is 4.87. The number of para-hydroxylation sites is 3. The summed E-state index contributed by atoms with van der Waals surface area (Å²) in [6.07, 6.45) is 0. The number of benzene rings is 2. The monoisotopic (exact) mass is 333 g/mol. The van der Waals surface area contributed by atoms with Gasteiger partial charge in [-0.25, -0.2) is 4.39 Å². The number of amides is 1. The Balaban J connectivity index is 1.77. The lowest BCUT2D eigenvalue weighted by atomic mass is 10.3. The smallest absolute Gasteiger partial charge is 0.260 e. The van der Waals surface area contributed by atoms with Crippen LogP contribution in [0.2, 0.25) is 0 Å². The van der Waals surface area contributed by atoms with Crippen LogP contribution in [0.4, 0.5) is 4.39 Å². The van der Waals surface area contributed by atoms with E-state index >= 15 is 0 Å². The quantitative estimate of drug-likeness (QED) is 0.745. The standard InChI is InChI=1S/C18H20FNO4/c1-20(11-12-23-15-8-4-3-7-14(15)19)18(21)13-24-17-10-6-5-9-16(17)22-2/h3-10H,11-13H2,1-2H3. The zero-order chi connectivity index (χ0) is 17.4. The van der Waals surface area contributed by atoms with E-state index in [1.165, 1.54) is 18.1 Å². The average Bonchev–Trinajstić information content (AvgIpc) is 2.61. The third-order valence-electron chi connectivity index (χ3n) is 3.37. The molecular formula is C18H20FNO4. The second-order valence-corrected chi connectivity index (χ2v) is 5.03. The lowest BCUT2D eigenvalue weighted by Crippen LogP contribution is -2.34. The van der Waals surface area contributed by atoms with Gasteiger partial charge in [0, 0.05) is 7.05 Å². The van der Waals surface area contributed by atoms with Gasteiger partial charge in [-0.2, -0.15) is 0 Å². The molecule has 1 amide bonds. The molecule has 2 aromatic carbocycles. The molecule has 0 radical (unpaired) electrons. The van der Waals surface area contributed by atoms with Crippen molar-refractivity contribution < 1.29 is 23.4 Å². The Morgan fingerprint density at radius 3 is 2.29 bits per heavy atom. The zero-order valence-electron chi connectivity index (χ0n) is 13.7. The maximum atomic E-state index is 13.4. The molecule has 0 heterocycles. The normalized spacial score (nSPS) is 10.1. The maximum Gasteiger partial charge on any atom is 0.260 e. The molecule has 0 spiro atoms. The molecule has 5 nitrogen and oxygen atoms in total. The first-order valence-corrected chi connectivity index (χ1v) is 7.49. The highest BCUT2D eigenvalue weighted by molar-refractivity contribution is 5.77. The van der Waals surface area contributed by atoms with Gasteiger partial charge in [0.05, 0.1) is 13.7 Å². The molecule has 0 aromatic heterocycles. The van der Waals surface area contributed by atoms with Crippen molar-refractivity contribution in [2.24, 2.45) is 0 Å². The van der Waals surface area contributed by atoms with E-state index in [-0.39, 0.29) is 24.9 Å². The highest BCUT2D eigenvalue weighted by Gasteiger charge is 2.12. The van der Waals surface area contributed by atoms with Gasteiger partial charge in [0.15, 0.2) is 29.7 Å². The van der Waals surface area contributed by atoms with E-state index in [2.05, 4.69) is 0 Å². The molecule has 0 aliphatic heterocycles.